The van der Waals surface area contributed by atoms with Crippen LogP contribution < -0.4 is 0 Å². The highest BCUT2D eigenvalue weighted by atomic mass is 35.5. The first-order chi connectivity index (χ1) is 7.31. The van der Waals surface area contributed by atoms with Crippen molar-refractivity contribution in [2.45, 2.75) is 25.3 Å². The summed E-state index contributed by atoms with van der Waals surface area (Å²) in [6.07, 6.45) is 5.49. The molecule has 3 nitrogen and oxygen atoms in total. The van der Waals surface area contributed by atoms with Gasteiger partial charge in [0.1, 0.15) is 0 Å². The fourth-order valence-electron chi connectivity index (χ4n) is 2.27. The number of hydrogen-bond donors (Lipinski definition) is 0. The summed E-state index contributed by atoms with van der Waals surface area (Å²) in [7, 11) is 2.00. The van der Waals surface area contributed by atoms with Gasteiger partial charge in [0.2, 0.25) is 0 Å². The highest BCUT2D eigenvalue weighted by molar-refractivity contribution is 6.18. The van der Waals surface area contributed by atoms with Crippen LogP contribution in [0.2, 0.25) is 0 Å². The van der Waals surface area contributed by atoms with E-state index in [0.29, 0.717) is 6.04 Å². The van der Waals surface area contributed by atoms with E-state index in [1.807, 2.05) is 17.9 Å². The Bertz CT molecular complexity index is 311. The van der Waals surface area contributed by atoms with Crippen molar-refractivity contribution in [3.05, 3.63) is 18.0 Å². The maximum Gasteiger partial charge on any atom is 0.0492 e. The third-order valence-electron chi connectivity index (χ3n) is 3.25. The molecule has 1 saturated heterocycles. The summed E-state index contributed by atoms with van der Waals surface area (Å²) < 4.78 is 1.95. The van der Waals surface area contributed by atoms with Crippen molar-refractivity contribution in [3.8, 4) is 0 Å². The van der Waals surface area contributed by atoms with Crippen molar-refractivity contribution in [1.82, 2.24) is 14.7 Å². The van der Waals surface area contributed by atoms with Crippen LogP contribution in [0.15, 0.2) is 12.3 Å². The largest absolute Gasteiger partial charge is 0.299 e. The monoisotopic (exact) mass is 227 g/mol. The molecule has 4 heteroatoms. The molecule has 0 spiro atoms. The van der Waals surface area contributed by atoms with Gasteiger partial charge in [0, 0.05) is 43.8 Å². The lowest BCUT2D eigenvalue weighted by Crippen LogP contribution is -2.32. The summed E-state index contributed by atoms with van der Waals surface area (Å²) in [4.78, 5) is 2.50. The molecule has 1 aliphatic rings. The minimum Gasteiger partial charge on any atom is -0.299 e. The molecule has 0 radical (unpaired) electrons. The van der Waals surface area contributed by atoms with E-state index in [0.717, 1.165) is 18.8 Å². The second-order valence-corrected chi connectivity index (χ2v) is 4.49. The molecule has 1 unspecified atom stereocenters. The van der Waals surface area contributed by atoms with E-state index in [9.17, 15) is 0 Å². The predicted octanol–water partition coefficient (Wildman–Crippen LogP) is 1.67. The topological polar surface area (TPSA) is 21.1 Å². The lowest BCUT2D eigenvalue weighted by atomic mass is 10.2. The van der Waals surface area contributed by atoms with E-state index in [2.05, 4.69) is 16.1 Å². The van der Waals surface area contributed by atoms with Crippen molar-refractivity contribution in [3.63, 3.8) is 0 Å². The Labute approximate surface area is 96.0 Å². The van der Waals surface area contributed by atoms with Crippen molar-refractivity contribution in [1.29, 1.82) is 0 Å². The SMILES string of the molecule is Cn1nccc1CCN1CCCC1CCl. The number of aromatic nitrogens is 2. The quantitative estimate of drug-likeness (QED) is 0.730. The molecule has 15 heavy (non-hydrogen) atoms. The number of alkyl halides is 1. The zero-order chi connectivity index (χ0) is 10.7. The van der Waals surface area contributed by atoms with Gasteiger partial charge in [-0.1, -0.05) is 0 Å². The first-order valence-corrected chi connectivity index (χ1v) is 6.11. The highest BCUT2D eigenvalue weighted by Crippen LogP contribution is 2.18. The summed E-state index contributed by atoms with van der Waals surface area (Å²) in [5.41, 5.74) is 1.30. The van der Waals surface area contributed by atoms with Gasteiger partial charge in [0.25, 0.3) is 0 Å². The summed E-state index contributed by atoms with van der Waals surface area (Å²) in [6.45, 7) is 2.31. The van der Waals surface area contributed by atoms with Crippen LogP contribution in [0.5, 0.6) is 0 Å². The Morgan fingerprint density at radius 1 is 1.60 bits per heavy atom. The van der Waals surface area contributed by atoms with Crippen LogP contribution in [0.1, 0.15) is 18.5 Å². The van der Waals surface area contributed by atoms with E-state index < -0.39 is 0 Å². The number of rotatable bonds is 4. The van der Waals surface area contributed by atoms with E-state index >= 15 is 0 Å². The first kappa shape index (κ1) is 11.0. The van der Waals surface area contributed by atoms with Gasteiger partial charge in [-0.2, -0.15) is 5.10 Å². The second kappa shape index (κ2) is 4.99. The number of aryl methyl sites for hydroxylation is 1. The number of halogens is 1. The van der Waals surface area contributed by atoms with Crippen molar-refractivity contribution in [2.24, 2.45) is 7.05 Å². The predicted molar refractivity (Wildman–Crippen MR) is 62.2 cm³/mol. The average molecular weight is 228 g/mol. The van der Waals surface area contributed by atoms with Crippen LogP contribution in [-0.2, 0) is 13.5 Å². The second-order valence-electron chi connectivity index (χ2n) is 4.18. The maximum absolute atomic E-state index is 5.94. The van der Waals surface area contributed by atoms with Gasteiger partial charge in [0.15, 0.2) is 0 Å². The molecule has 0 aliphatic carbocycles. The van der Waals surface area contributed by atoms with Crippen LogP contribution >= 0.6 is 11.6 Å². The normalized spacial score (nSPS) is 22.4. The molecule has 0 saturated carbocycles. The van der Waals surface area contributed by atoms with E-state index in [4.69, 9.17) is 11.6 Å². The Balaban J connectivity index is 1.85. The standard InChI is InChI=1S/C11H18ClN3/c1-14-10(4-6-13-14)5-8-15-7-2-3-11(15)9-12/h4,6,11H,2-3,5,7-9H2,1H3. The highest BCUT2D eigenvalue weighted by Gasteiger charge is 2.22. The Morgan fingerprint density at radius 3 is 3.13 bits per heavy atom. The Morgan fingerprint density at radius 2 is 2.47 bits per heavy atom. The molecule has 2 heterocycles. The molecule has 1 aromatic heterocycles. The van der Waals surface area contributed by atoms with Gasteiger partial charge < -0.3 is 0 Å². The zero-order valence-electron chi connectivity index (χ0n) is 9.19. The lowest BCUT2D eigenvalue weighted by molar-refractivity contribution is 0.273. The van der Waals surface area contributed by atoms with Gasteiger partial charge in [-0.3, -0.25) is 9.58 Å². The molecule has 1 aliphatic heterocycles. The molecule has 1 fully saturated rings. The molecule has 0 aromatic carbocycles. The molecule has 2 rings (SSSR count). The van der Waals surface area contributed by atoms with Crippen LogP contribution in [0.4, 0.5) is 0 Å². The summed E-state index contributed by atoms with van der Waals surface area (Å²) in [5, 5.41) is 4.17. The van der Waals surface area contributed by atoms with Crippen LogP contribution in [0, 0.1) is 0 Å². The minimum atomic E-state index is 0.597. The maximum atomic E-state index is 5.94. The summed E-state index contributed by atoms with van der Waals surface area (Å²) >= 11 is 5.94. The van der Waals surface area contributed by atoms with Crippen LogP contribution in [0.25, 0.3) is 0 Å². The van der Waals surface area contributed by atoms with E-state index in [1.165, 1.54) is 25.1 Å². The minimum absolute atomic E-state index is 0.597. The van der Waals surface area contributed by atoms with Gasteiger partial charge in [0.05, 0.1) is 0 Å². The molecule has 1 aromatic rings. The molecule has 0 bridgehead atoms. The zero-order valence-corrected chi connectivity index (χ0v) is 9.95. The lowest BCUT2D eigenvalue weighted by Gasteiger charge is -2.22. The van der Waals surface area contributed by atoms with Gasteiger partial charge in [-0.25, -0.2) is 0 Å². The van der Waals surface area contributed by atoms with Gasteiger partial charge >= 0.3 is 0 Å². The number of nitrogens with zero attached hydrogens (tertiary/aromatic N) is 3. The Hall–Kier alpha value is -0.540. The molecular weight excluding hydrogens is 210 g/mol. The van der Waals surface area contributed by atoms with E-state index in [-0.39, 0.29) is 0 Å². The van der Waals surface area contributed by atoms with E-state index in [1.54, 1.807) is 0 Å². The smallest absolute Gasteiger partial charge is 0.0492 e. The average Bonchev–Trinajstić information content (AvgIpc) is 2.83. The third-order valence-corrected chi connectivity index (χ3v) is 3.61. The number of likely N-dealkylation sites (tertiary alicyclic amines) is 1. The van der Waals surface area contributed by atoms with Crippen molar-refractivity contribution >= 4 is 11.6 Å². The third kappa shape index (κ3) is 2.52. The summed E-state index contributed by atoms with van der Waals surface area (Å²) in [6, 6.07) is 2.69. The fraction of sp³-hybridized carbons (Fsp3) is 0.727. The summed E-state index contributed by atoms with van der Waals surface area (Å²) in [5.74, 6) is 0.769. The molecule has 84 valence electrons. The number of hydrogen-bond acceptors (Lipinski definition) is 2. The van der Waals surface area contributed by atoms with Crippen molar-refractivity contribution in [2.75, 3.05) is 19.0 Å². The first-order valence-electron chi connectivity index (χ1n) is 5.58. The molecule has 0 amide bonds. The molecular formula is C11H18ClN3. The molecule has 0 N–H and O–H groups in total. The fourth-order valence-corrected chi connectivity index (χ4v) is 2.62. The van der Waals surface area contributed by atoms with Crippen LogP contribution in [-0.4, -0.2) is 39.7 Å². The Kier molecular flexibility index (Phi) is 3.65. The van der Waals surface area contributed by atoms with Gasteiger partial charge in [-0.05, 0) is 25.5 Å². The van der Waals surface area contributed by atoms with Crippen LogP contribution in [0.3, 0.4) is 0 Å². The van der Waals surface area contributed by atoms with Crippen molar-refractivity contribution < 1.29 is 0 Å². The van der Waals surface area contributed by atoms with Gasteiger partial charge in [-0.15, -0.1) is 11.6 Å². The molecule has 1 atom stereocenters.